The van der Waals surface area contributed by atoms with Gasteiger partial charge in [-0.1, -0.05) is 6.07 Å². The lowest BCUT2D eigenvalue weighted by Gasteiger charge is -2.12. The van der Waals surface area contributed by atoms with Crippen molar-refractivity contribution in [2.24, 2.45) is 0 Å². The summed E-state index contributed by atoms with van der Waals surface area (Å²) in [6.07, 6.45) is 5.55. The van der Waals surface area contributed by atoms with Gasteiger partial charge in [0.1, 0.15) is 0 Å². The van der Waals surface area contributed by atoms with Crippen molar-refractivity contribution in [3.63, 3.8) is 0 Å². The van der Waals surface area contributed by atoms with Gasteiger partial charge in [-0.3, -0.25) is 0 Å². The number of nitrogens with zero attached hydrogens (tertiary/aromatic N) is 4. The lowest BCUT2D eigenvalue weighted by atomic mass is 10.1. The predicted molar refractivity (Wildman–Crippen MR) is 110 cm³/mol. The first-order valence-electron chi connectivity index (χ1n) is 9.09. The zero-order valence-electron chi connectivity index (χ0n) is 16.4. The molecule has 0 spiro atoms. The Morgan fingerprint density at radius 1 is 1.07 bits per heavy atom. The van der Waals surface area contributed by atoms with Gasteiger partial charge in [-0.15, -0.1) is 0 Å². The summed E-state index contributed by atoms with van der Waals surface area (Å²) in [4.78, 5) is 9.15. The number of benzene rings is 1. The number of hydrogen-bond donors (Lipinski definition) is 3. The molecule has 27 heavy (non-hydrogen) atoms. The highest BCUT2D eigenvalue weighted by Crippen LogP contribution is 2.29. The second-order valence-corrected chi connectivity index (χ2v) is 6.14. The highest BCUT2D eigenvalue weighted by molar-refractivity contribution is 5.80. The van der Waals surface area contributed by atoms with Gasteiger partial charge in [0, 0.05) is 37.7 Å². The van der Waals surface area contributed by atoms with Crippen LogP contribution >= 0.6 is 0 Å². The highest BCUT2D eigenvalue weighted by atomic mass is 15.2. The molecular formula is C20H21N7. The summed E-state index contributed by atoms with van der Waals surface area (Å²) in [5, 5.41) is 12.1. The van der Waals surface area contributed by atoms with Crippen LogP contribution in [0.2, 0.25) is 1.41 Å². The second kappa shape index (κ2) is 6.95. The lowest BCUT2D eigenvalue weighted by molar-refractivity contribution is 0.961. The summed E-state index contributed by atoms with van der Waals surface area (Å²) in [6.45, 7) is 1.99. The fraction of sp³-hybridized carbons (Fsp3) is 0.150. The maximum Gasteiger partial charge on any atom is 0.227 e. The second-order valence-electron chi connectivity index (χ2n) is 6.14. The fourth-order valence-electron chi connectivity index (χ4n) is 3.03. The molecule has 0 radical (unpaired) electrons. The minimum Gasteiger partial charge on any atom is -0.386 e. The van der Waals surface area contributed by atoms with Crippen LogP contribution in [0.4, 0.5) is 23.0 Å². The predicted octanol–water partition coefficient (Wildman–Crippen LogP) is 3.93. The van der Waals surface area contributed by atoms with Crippen LogP contribution in [0.5, 0.6) is 0 Å². The molecule has 0 aliphatic carbocycles. The van der Waals surface area contributed by atoms with E-state index in [2.05, 4.69) is 20.7 Å². The maximum absolute atomic E-state index is 7.79. The van der Waals surface area contributed by atoms with E-state index in [9.17, 15) is 0 Å². The third-order valence-electron chi connectivity index (χ3n) is 4.42. The van der Waals surface area contributed by atoms with Crippen LogP contribution in [-0.2, 0) is 0 Å². The summed E-state index contributed by atoms with van der Waals surface area (Å²) in [6, 6.07) is 11.7. The average Bonchev–Trinajstić information content (AvgIpc) is 3.13. The molecule has 7 nitrogen and oxygen atoms in total. The lowest BCUT2D eigenvalue weighted by Crippen LogP contribution is -2.02. The standard InChI is InChI=1S/C20H21N7/c1-13-11-23-20(25-14-7-8-16(21-2)17(10-14)22-3)26-19(13)15-12-24-27-9-5-4-6-18(15)27/h4-12,21-22H,1-3H3,(H,23,25,26)/i/hD. The number of aromatic nitrogens is 4. The molecule has 0 saturated heterocycles. The van der Waals surface area contributed by atoms with Crippen LogP contribution in [0.3, 0.4) is 0 Å². The Morgan fingerprint density at radius 2 is 1.96 bits per heavy atom. The van der Waals surface area contributed by atoms with Crippen molar-refractivity contribution in [2.45, 2.75) is 6.92 Å². The summed E-state index contributed by atoms with van der Waals surface area (Å²) in [5.41, 5.74) is 6.25. The smallest absolute Gasteiger partial charge is 0.227 e. The molecular weight excluding hydrogens is 338 g/mol. The van der Waals surface area contributed by atoms with Crippen LogP contribution in [0.25, 0.3) is 16.8 Å². The molecule has 1 aromatic carbocycles. The molecule has 4 rings (SSSR count). The summed E-state index contributed by atoms with van der Waals surface area (Å²) in [5.74, 6) is 0.505. The molecule has 0 unspecified atom stereocenters. The van der Waals surface area contributed by atoms with Gasteiger partial charge in [0.05, 0.1) is 28.8 Å². The van der Waals surface area contributed by atoms with E-state index in [-0.39, 0.29) is 0 Å². The first kappa shape index (κ1) is 15.6. The number of fused-ring (bicyclic) bond motifs is 1. The van der Waals surface area contributed by atoms with Crippen molar-refractivity contribution in [1.29, 1.82) is 0 Å². The zero-order valence-corrected chi connectivity index (χ0v) is 15.4. The molecule has 3 aromatic heterocycles. The molecule has 4 aromatic rings. The van der Waals surface area contributed by atoms with Gasteiger partial charge in [-0.05, 0) is 42.8 Å². The average molecular weight is 360 g/mol. The van der Waals surface area contributed by atoms with E-state index in [0.717, 1.165) is 39.4 Å². The molecule has 0 amide bonds. The number of hydrogen-bond acceptors (Lipinski definition) is 6. The molecule has 0 aliphatic heterocycles. The first-order chi connectivity index (χ1) is 13.6. The highest BCUT2D eigenvalue weighted by Gasteiger charge is 2.12. The van der Waals surface area contributed by atoms with E-state index < -0.39 is 0 Å². The minimum absolute atomic E-state index is 0.505. The van der Waals surface area contributed by atoms with Crippen molar-refractivity contribution in [1.82, 2.24) is 19.6 Å². The van der Waals surface area contributed by atoms with E-state index in [4.69, 9.17) is 6.40 Å². The summed E-state index contributed by atoms with van der Waals surface area (Å²) >= 11 is 0. The van der Waals surface area contributed by atoms with E-state index in [1.807, 2.05) is 73.5 Å². The third-order valence-corrected chi connectivity index (χ3v) is 4.42. The largest absolute Gasteiger partial charge is 0.386 e. The molecule has 3 N–H and O–H groups in total. The number of rotatable bonds is 5. The van der Waals surface area contributed by atoms with Crippen molar-refractivity contribution in [3.8, 4) is 11.3 Å². The molecule has 0 fully saturated rings. The molecule has 7 heteroatoms. The van der Waals surface area contributed by atoms with Gasteiger partial charge in [0.25, 0.3) is 0 Å². The van der Waals surface area contributed by atoms with Crippen LogP contribution < -0.4 is 15.9 Å². The monoisotopic (exact) mass is 360 g/mol. The zero-order chi connectivity index (χ0) is 19.7. The Labute approximate surface area is 158 Å². The third kappa shape index (κ3) is 3.15. The minimum atomic E-state index is 0.505. The maximum atomic E-state index is 7.79. The van der Waals surface area contributed by atoms with E-state index >= 15 is 0 Å². The van der Waals surface area contributed by atoms with E-state index in [1.54, 1.807) is 7.05 Å². The van der Waals surface area contributed by atoms with Gasteiger partial charge in [-0.2, -0.15) is 5.10 Å². The SMILES string of the molecule is [2H]N(C)c1ccc(Nc2ncc(C)c(-c3cnn4ccccc34)n2)cc1NC. The Hall–Kier alpha value is -3.61. The van der Waals surface area contributed by atoms with Crippen molar-refractivity contribution < 1.29 is 1.41 Å². The van der Waals surface area contributed by atoms with Crippen LogP contribution in [-0.4, -0.2) is 33.7 Å². The molecule has 0 bridgehead atoms. The van der Waals surface area contributed by atoms with Crippen LogP contribution in [0.1, 0.15) is 5.56 Å². The molecule has 0 atom stereocenters. The number of pyridine rings is 1. The van der Waals surface area contributed by atoms with E-state index in [1.165, 1.54) is 5.31 Å². The number of anilines is 4. The van der Waals surface area contributed by atoms with Gasteiger partial charge in [0.15, 0.2) is 1.41 Å². The van der Waals surface area contributed by atoms with Gasteiger partial charge < -0.3 is 15.9 Å². The molecule has 0 saturated carbocycles. The fourth-order valence-corrected chi connectivity index (χ4v) is 3.03. The van der Waals surface area contributed by atoms with Crippen molar-refractivity contribution in [2.75, 3.05) is 30.0 Å². The summed E-state index contributed by atoms with van der Waals surface area (Å²) in [7, 11) is 3.52. The number of aryl methyl sites for hydroxylation is 1. The van der Waals surface area contributed by atoms with Crippen molar-refractivity contribution >= 4 is 28.5 Å². The normalized spacial score (nSPS) is 11.3. The van der Waals surface area contributed by atoms with Crippen LogP contribution in [0.15, 0.2) is 55.0 Å². The molecule has 3 heterocycles. The summed E-state index contributed by atoms with van der Waals surface area (Å²) < 4.78 is 9.63. The van der Waals surface area contributed by atoms with Crippen molar-refractivity contribution in [3.05, 3.63) is 60.6 Å². The Morgan fingerprint density at radius 3 is 2.78 bits per heavy atom. The Kier molecular flexibility index (Phi) is 4.02. The number of nitrogens with one attached hydrogen (secondary N) is 3. The van der Waals surface area contributed by atoms with E-state index in [0.29, 0.717) is 5.95 Å². The first-order valence-corrected chi connectivity index (χ1v) is 8.64. The Balaban J connectivity index is 1.70. The van der Waals surface area contributed by atoms with Crippen LogP contribution in [0, 0.1) is 6.92 Å². The molecule has 0 aliphatic rings. The van der Waals surface area contributed by atoms with Gasteiger partial charge >= 0.3 is 0 Å². The van der Waals surface area contributed by atoms with Gasteiger partial charge in [-0.25, -0.2) is 14.5 Å². The Bertz CT molecular complexity index is 1140. The quantitative estimate of drug-likeness (QED) is 0.500. The topological polar surface area (TPSA) is 79.2 Å². The molecule has 136 valence electrons. The van der Waals surface area contributed by atoms with Gasteiger partial charge in [0.2, 0.25) is 5.95 Å².